The van der Waals surface area contributed by atoms with Gasteiger partial charge in [0.25, 0.3) is 5.56 Å². The topological polar surface area (TPSA) is 75.5 Å². The Labute approximate surface area is 191 Å². The molecule has 0 N–H and O–H groups in total. The Morgan fingerprint density at radius 2 is 1.69 bits per heavy atom. The first-order valence-electron chi connectivity index (χ1n) is 10.7. The largest absolute Gasteiger partial charge is 0.368 e. The van der Waals surface area contributed by atoms with Gasteiger partial charge in [0.05, 0.1) is 16.7 Å². The molecule has 0 radical (unpaired) electrons. The second-order valence-electron chi connectivity index (χ2n) is 7.72. The maximum Gasteiger partial charge on any atom is 0.262 e. The molecule has 3 aromatic rings. The van der Waals surface area contributed by atoms with E-state index >= 15 is 0 Å². The quantitative estimate of drug-likeness (QED) is 0.326. The molecule has 7 nitrogen and oxygen atoms in total. The molecule has 4 rings (SSSR count). The molecule has 2 aromatic carbocycles. The number of hydrogen-bond acceptors (Lipinski definition) is 6. The summed E-state index contributed by atoms with van der Waals surface area (Å²) in [4.78, 5) is 45.7. The van der Waals surface area contributed by atoms with Gasteiger partial charge in [0, 0.05) is 44.0 Å². The average molecular weight is 451 g/mol. The van der Waals surface area contributed by atoms with Gasteiger partial charge in [0.15, 0.2) is 10.9 Å². The van der Waals surface area contributed by atoms with E-state index in [1.165, 1.54) is 11.8 Å². The van der Waals surface area contributed by atoms with Crippen molar-refractivity contribution in [2.24, 2.45) is 0 Å². The number of amides is 1. The Morgan fingerprint density at radius 3 is 2.34 bits per heavy atom. The molecule has 1 aliphatic rings. The summed E-state index contributed by atoms with van der Waals surface area (Å²) >= 11 is 1.32. The fraction of sp³-hybridized carbons (Fsp3) is 0.333. The predicted octanol–water partition coefficient (Wildman–Crippen LogP) is 3.06. The van der Waals surface area contributed by atoms with Crippen LogP contribution in [0.5, 0.6) is 0 Å². The second kappa shape index (κ2) is 9.56. The molecule has 1 aromatic heterocycles. The lowest BCUT2D eigenvalue weighted by molar-refractivity contribution is -0.128. The third-order valence-electron chi connectivity index (χ3n) is 5.74. The third-order valence-corrected chi connectivity index (χ3v) is 6.70. The van der Waals surface area contributed by atoms with E-state index in [9.17, 15) is 14.4 Å². The van der Waals surface area contributed by atoms with Gasteiger partial charge in [-0.3, -0.25) is 19.0 Å². The number of nitrogens with zero attached hydrogens (tertiary/aromatic N) is 4. The van der Waals surface area contributed by atoms with E-state index < -0.39 is 0 Å². The molecule has 2 heterocycles. The first-order chi connectivity index (χ1) is 15.5. The van der Waals surface area contributed by atoms with E-state index in [4.69, 9.17) is 0 Å². The van der Waals surface area contributed by atoms with Gasteiger partial charge in [-0.05, 0) is 50.2 Å². The molecular weight excluding hydrogens is 424 g/mol. The second-order valence-corrected chi connectivity index (χ2v) is 8.66. The number of ketones is 1. The summed E-state index contributed by atoms with van der Waals surface area (Å²) in [5.74, 6) is 0.350. The average Bonchev–Trinajstić information content (AvgIpc) is 2.83. The maximum atomic E-state index is 12.8. The number of hydrogen-bond donors (Lipinski definition) is 0. The number of Topliss-reactive ketones (excluding diaryl/α,β-unsaturated/α-hetero) is 1. The Hall–Kier alpha value is -3.13. The number of piperazine rings is 1. The summed E-state index contributed by atoms with van der Waals surface area (Å²) in [7, 11) is 0. The summed E-state index contributed by atoms with van der Waals surface area (Å²) in [5, 5.41) is 1.17. The summed E-state index contributed by atoms with van der Waals surface area (Å²) in [6, 6.07) is 14.9. The summed E-state index contributed by atoms with van der Waals surface area (Å²) in [5.41, 5.74) is 2.34. The summed E-state index contributed by atoms with van der Waals surface area (Å²) in [6.45, 7) is 6.73. The first kappa shape index (κ1) is 22.1. The smallest absolute Gasteiger partial charge is 0.262 e. The fourth-order valence-electron chi connectivity index (χ4n) is 3.88. The minimum absolute atomic E-state index is 0.0478. The van der Waals surface area contributed by atoms with Crippen molar-refractivity contribution >= 4 is 40.0 Å². The number of rotatable bonds is 6. The number of thioether (sulfide) groups is 1. The van der Waals surface area contributed by atoms with Gasteiger partial charge in [0.1, 0.15) is 0 Å². The van der Waals surface area contributed by atoms with Gasteiger partial charge in [-0.1, -0.05) is 23.9 Å². The molecule has 0 spiro atoms. The van der Waals surface area contributed by atoms with Crippen LogP contribution in [0, 0.1) is 0 Å². The molecule has 0 aliphatic carbocycles. The maximum absolute atomic E-state index is 12.8. The molecule has 0 bridgehead atoms. The molecular formula is C24H26N4O3S. The highest BCUT2D eigenvalue weighted by molar-refractivity contribution is 7.99. The van der Waals surface area contributed by atoms with Crippen LogP contribution >= 0.6 is 11.8 Å². The minimum atomic E-state index is -0.0718. The Bertz CT molecular complexity index is 1200. The molecule has 8 heteroatoms. The lowest BCUT2D eigenvalue weighted by Gasteiger charge is -2.36. The normalized spacial score (nSPS) is 14.1. The van der Waals surface area contributed by atoms with E-state index in [-0.39, 0.29) is 23.0 Å². The first-order valence-corrected chi connectivity index (χ1v) is 11.7. The molecule has 1 aliphatic heterocycles. The van der Waals surface area contributed by atoms with E-state index in [0.717, 1.165) is 18.8 Å². The van der Waals surface area contributed by atoms with Crippen LogP contribution in [0.2, 0.25) is 0 Å². The molecule has 0 atom stereocenters. The van der Waals surface area contributed by atoms with Gasteiger partial charge < -0.3 is 9.80 Å². The summed E-state index contributed by atoms with van der Waals surface area (Å²) < 4.78 is 1.63. The molecule has 1 saturated heterocycles. The van der Waals surface area contributed by atoms with Crippen molar-refractivity contribution in [3.63, 3.8) is 0 Å². The fourth-order valence-corrected chi connectivity index (χ4v) is 4.84. The van der Waals surface area contributed by atoms with Gasteiger partial charge in [-0.2, -0.15) is 0 Å². The zero-order valence-corrected chi connectivity index (χ0v) is 19.1. The monoisotopic (exact) mass is 450 g/mol. The third kappa shape index (κ3) is 4.55. The van der Waals surface area contributed by atoms with Crippen molar-refractivity contribution in [2.75, 3.05) is 36.8 Å². The minimum Gasteiger partial charge on any atom is -0.368 e. The number of para-hydroxylation sites is 1. The van der Waals surface area contributed by atoms with Crippen molar-refractivity contribution in [1.82, 2.24) is 14.5 Å². The van der Waals surface area contributed by atoms with E-state index in [1.807, 2.05) is 54.3 Å². The van der Waals surface area contributed by atoms with Crippen LogP contribution < -0.4 is 10.5 Å². The zero-order chi connectivity index (χ0) is 22.7. The Kier molecular flexibility index (Phi) is 6.60. The van der Waals surface area contributed by atoms with Crippen LogP contribution in [-0.4, -0.2) is 58.1 Å². The highest BCUT2D eigenvalue weighted by Gasteiger charge is 2.22. The number of carbonyl (C=O) groups is 2. The van der Waals surface area contributed by atoms with Crippen LogP contribution in [0.1, 0.15) is 24.2 Å². The Morgan fingerprint density at radius 1 is 1.00 bits per heavy atom. The number of fused-ring (bicyclic) bond motifs is 1. The SMILES string of the molecule is CCn1c(SCC(=O)N2CCN(c3ccc(C(C)=O)cc3)CC2)nc2ccccc2c1=O. The standard InChI is InChI=1S/C24H26N4O3S/c1-3-28-23(31)20-6-4-5-7-21(20)25-24(28)32-16-22(30)27-14-12-26(13-15-27)19-10-8-18(9-11-19)17(2)29/h4-11H,3,12-16H2,1-2H3. The van der Waals surface area contributed by atoms with Gasteiger partial charge >= 0.3 is 0 Å². The van der Waals surface area contributed by atoms with Gasteiger partial charge in [0.2, 0.25) is 5.91 Å². The molecule has 1 fully saturated rings. The van der Waals surface area contributed by atoms with Crippen molar-refractivity contribution in [1.29, 1.82) is 0 Å². The molecule has 1 amide bonds. The lowest BCUT2D eigenvalue weighted by atomic mass is 10.1. The highest BCUT2D eigenvalue weighted by atomic mass is 32.2. The van der Waals surface area contributed by atoms with Crippen molar-refractivity contribution in [2.45, 2.75) is 25.5 Å². The van der Waals surface area contributed by atoms with Crippen LogP contribution in [-0.2, 0) is 11.3 Å². The molecule has 0 unspecified atom stereocenters. The molecule has 0 saturated carbocycles. The molecule has 166 valence electrons. The lowest BCUT2D eigenvalue weighted by Crippen LogP contribution is -2.49. The number of aromatic nitrogens is 2. The van der Waals surface area contributed by atoms with Gasteiger partial charge in [-0.15, -0.1) is 0 Å². The van der Waals surface area contributed by atoms with Crippen LogP contribution in [0.3, 0.4) is 0 Å². The zero-order valence-electron chi connectivity index (χ0n) is 18.3. The highest BCUT2D eigenvalue weighted by Crippen LogP contribution is 2.21. The number of benzene rings is 2. The van der Waals surface area contributed by atoms with E-state index in [0.29, 0.717) is 41.3 Å². The number of anilines is 1. The van der Waals surface area contributed by atoms with E-state index in [1.54, 1.807) is 17.6 Å². The molecule has 32 heavy (non-hydrogen) atoms. The van der Waals surface area contributed by atoms with Gasteiger partial charge in [-0.25, -0.2) is 4.98 Å². The Balaban J connectivity index is 1.37. The van der Waals surface area contributed by atoms with Crippen LogP contribution in [0.15, 0.2) is 58.5 Å². The number of carbonyl (C=O) groups excluding carboxylic acids is 2. The van der Waals surface area contributed by atoms with Crippen molar-refractivity contribution in [3.8, 4) is 0 Å². The van der Waals surface area contributed by atoms with Crippen molar-refractivity contribution < 1.29 is 9.59 Å². The van der Waals surface area contributed by atoms with E-state index in [2.05, 4.69) is 9.88 Å². The van der Waals surface area contributed by atoms with Crippen LogP contribution in [0.25, 0.3) is 10.9 Å². The predicted molar refractivity (Wildman–Crippen MR) is 128 cm³/mol. The van der Waals surface area contributed by atoms with Crippen molar-refractivity contribution in [3.05, 3.63) is 64.4 Å². The van der Waals surface area contributed by atoms with Crippen LogP contribution in [0.4, 0.5) is 5.69 Å². The summed E-state index contributed by atoms with van der Waals surface area (Å²) in [6.07, 6.45) is 0.